The van der Waals surface area contributed by atoms with Crippen LogP contribution in [-0.4, -0.2) is 37.1 Å². The third-order valence-electron chi connectivity index (χ3n) is 2.65. The van der Waals surface area contributed by atoms with Crippen LogP contribution in [0.5, 0.6) is 0 Å². The van der Waals surface area contributed by atoms with Crippen LogP contribution in [0.4, 0.5) is 10.5 Å². The molecule has 0 aliphatic carbocycles. The molecule has 7 heteroatoms. The predicted molar refractivity (Wildman–Crippen MR) is 74.9 cm³/mol. The molecule has 1 aromatic rings. The number of carbonyl (C=O) groups is 1. The second kappa shape index (κ2) is 5.87. The number of rotatable bonds is 4. The van der Waals surface area contributed by atoms with Gasteiger partial charge in [0.05, 0.1) is 20.8 Å². The molecule has 1 aliphatic rings. The Balaban J connectivity index is 1.90. The van der Waals surface area contributed by atoms with Gasteiger partial charge in [-0.25, -0.2) is 4.79 Å². The molecule has 0 unspecified atom stereocenters. The lowest BCUT2D eigenvalue weighted by molar-refractivity contribution is 0.219. The summed E-state index contributed by atoms with van der Waals surface area (Å²) >= 11 is 17.8. The van der Waals surface area contributed by atoms with Gasteiger partial charge in [-0.15, -0.1) is 0 Å². The Hall–Kier alpha value is -0.840. The molecule has 2 rings (SSSR count). The van der Waals surface area contributed by atoms with Crippen molar-refractivity contribution in [2.75, 3.05) is 31.5 Å². The molecule has 1 aromatic carbocycles. The van der Waals surface area contributed by atoms with Crippen LogP contribution in [0.25, 0.3) is 0 Å². The van der Waals surface area contributed by atoms with E-state index in [9.17, 15) is 4.79 Å². The molecule has 1 fully saturated rings. The molecule has 0 radical (unpaired) electrons. The summed E-state index contributed by atoms with van der Waals surface area (Å²) in [7, 11) is 0. The van der Waals surface area contributed by atoms with E-state index in [1.807, 2.05) is 0 Å². The van der Waals surface area contributed by atoms with Crippen LogP contribution in [0.2, 0.25) is 15.1 Å². The van der Waals surface area contributed by atoms with Crippen molar-refractivity contribution in [2.45, 2.75) is 0 Å². The number of hydrogen-bond donors (Lipinski definition) is 2. The number of nitrogens with zero attached hydrogens (tertiary/aromatic N) is 1. The van der Waals surface area contributed by atoms with Crippen LogP contribution >= 0.6 is 34.8 Å². The molecular weight excluding hydrogens is 296 g/mol. The predicted octanol–water partition coefficient (Wildman–Crippen LogP) is 3.08. The lowest BCUT2D eigenvalue weighted by Gasteiger charge is -2.15. The zero-order chi connectivity index (χ0) is 13.1. The second-order valence-corrected chi connectivity index (χ2v) is 5.11. The maximum atomic E-state index is 11.3. The second-order valence-electron chi connectivity index (χ2n) is 3.89. The third-order valence-corrected chi connectivity index (χ3v) is 3.69. The highest BCUT2D eigenvalue weighted by atomic mass is 35.5. The summed E-state index contributed by atoms with van der Waals surface area (Å²) in [6.07, 6.45) is 0. The van der Waals surface area contributed by atoms with Crippen LogP contribution in [0.15, 0.2) is 12.1 Å². The molecule has 1 heterocycles. The smallest absolute Gasteiger partial charge is 0.317 e. The third kappa shape index (κ3) is 3.13. The van der Waals surface area contributed by atoms with Crippen molar-refractivity contribution in [1.29, 1.82) is 0 Å². The molecule has 0 spiro atoms. The number of urea groups is 1. The van der Waals surface area contributed by atoms with Crippen molar-refractivity contribution < 1.29 is 4.79 Å². The van der Waals surface area contributed by atoms with E-state index in [1.165, 1.54) is 0 Å². The summed E-state index contributed by atoms with van der Waals surface area (Å²) in [5, 5.41) is 7.25. The lowest BCUT2D eigenvalue weighted by Crippen LogP contribution is -2.32. The monoisotopic (exact) mass is 307 g/mol. The molecule has 2 N–H and O–H groups in total. The first kappa shape index (κ1) is 13.6. The average molecular weight is 309 g/mol. The maximum Gasteiger partial charge on any atom is 0.317 e. The zero-order valence-corrected chi connectivity index (χ0v) is 11.7. The first-order valence-electron chi connectivity index (χ1n) is 5.49. The van der Waals surface area contributed by atoms with Crippen molar-refractivity contribution in [3.05, 3.63) is 27.2 Å². The fourth-order valence-electron chi connectivity index (χ4n) is 1.71. The Labute approximate surface area is 120 Å². The highest BCUT2D eigenvalue weighted by molar-refractivity contribution is 6.44. The molecule has 0 bridgehead atoms. The molecule has 0 aromatic heterocycles. The molecule has 4 nitrogen and oxygen atoms in total. The minimum absolute atomic E-state index is 0.0305. The van der Waals surface area contributed by atoms with Gasteiger partial charge < -0.3 is 15.5 Å². The molecular formula is C11H12Cl3N3O. The van der Waals surface area contributed by atoms with Gasteiger partial charge in [-0.05, 0) is 12.1 Å². The SMILES string of the molecule is O=C1NCCN1CCNc1cc(Cl)c(Cl)cc1Cl. The van der Waals surface area contributed by atoms with E-state index in [-0.39, 0.29) is 6.03 Å². The number of amides is 2. The normalized spacial score (nSPS) is 14.8. The minimum Gasteiger partial charge on any atom is -0.382 e. The van der Waals surface area contributed by atoms with Gasteiger partial charge in [0.15, 0.2) is 0 Å². The van der Waals surface area contributed by atoms with Gasteiger partial charge in [0.25, 0.3) is 0 Å². The lowest BCUT2D eigenvalue weighted by atomic mass is 10.3. The standard InChI is InChI=1S/C11H12Cl3N3O/c12-7-5-9(14)10(6-8(7)13)15-1-3-17-4-2-16-11(17)18/h5-6,15H,1-4H2,(H,16,18). The van der Waals surface area contributed by atoms with E-state index in [2.05, 4.69) is 10.6 Å². The highest BCUT2D eigenvalue weighted by Crippen LogP contribution is 2.32. The Kier molecular flexibility index (Phi) is 4.43. The summed E-state index contributed by atoms with van der Waals surface area (Å²) in [4.78, 5) is 13.0. The van der Waals surface area contributed by atoms with Crippen LogP contribution in [0, 0.1) is 0 Å². The van der Waals surface area contributed by atoms with Gasteiger partial charge in [-0.1, -0.05) is 34.8 Å². The van der Waals surface area contributed by atoms with Crippen molar-refractivity contribution in [3.63, 3.8) is 0 Å². The molecule has 98 valence electrons. The number of carbonyl (C=O) groups excluding carboxylic acids is 1. The van der Waals surface area contributed by atoms with Gasteiger partial charge in [-0.2, -0.15) is 0 Å². The Bertz CT molecular complexity index is 467. The average Bonchev–Trinajstić information content (AvgIpc) is 2.72. The van der Waals surface area contributed by atoms with Crippen LogP contribution < -0.4 is 10.6 Å². The van der Waals surface area contributed by atoms with Crippen LogP contribution in [0.3, 0.4) is 0 Å². The fraction of sp³-hybridized carbons (Fsp3) is 0.364. The van der Waals surface area contributed by atoms with E-state index in [0.717, 1.165) is 6.54 Å². The van der Waals surface area contributed by atoms with E-state index < -0.39 is 0 Å². The molecule has 18 heavy (non-hydrogen) atoms. The van der Waals surface area contributed by atoms with Crippen molar-refractivity contribution in [3.8, 4) is 0 Å². The number of anilines is 1. The largest absolute Gasteiger partial charge is 0.382 e. The Morgan fingerprint density at radius 3 is 2.61 bits per heavy atom. The molecule has 0 saturated carbocycles. The quantitative estimate of drug-likeness (QED) is 0.840. The van der Waals surface area contributed by atoms with Gasteiger partial charge in [0.1, 0.15) is 0 Å². The molecule has 1 saturated heterocycles. The summed E-state index contributed by atoms with van der Waals surface area (Å²) in [6.45, 7) is 2.65. The maximum absolute atomic E-state index is 11.3. The topological polar surface area (TPSA) is 44.4 Å². The van der Waals surface area contributed by atoms with Crippen molar-refractivity contribution >= 4 is 46.5 Å². The minimum atomic E-state index is -0.0305. The number of halogens is 3. The summed E-state index contributed by atoms with van der Waals surface area (Å²) in [6, 6.07) is 3.24. The van der Waals surface area contributed by atoms with Crippen molar-refractivity contribution in [2.24, 2.45) is 0 Å². The van der Waals surface area contributed by atoms with E-state index in [0.29, 0.717) is 40.4 Å². The van der Waals surface area contributed by atoms with Gasteiger partial charge in [0.2, 0.25) is 0 Å². The van der Waals surface area contributed by atoms with Gasteiger partial charge in [0, 0.05) is 26.2 Å². The van der Waals surface area contributed by atoms with E-state index >= 15 is 0 Å². The fourth-order valence-corrected chi connectivity index (χ4v) is 2.32. The van der Waals surface area contributed by atoms with E-state index in [1.54, 1.807) is 17.0 Å². The van der Waals surface area contributed by atoms with Gasteiger partial charge >= 0.3 is 6.03 Å². The molecule has 2 amide bonds. The summed E-state index contributed by atoms with van der Waals surface area (Å²) in [5.41, 5.74) is 0.714. The molecule has 0 atom stereocenters. The number of benzene rings is 1. The van der Waals surface area contributed by atoms with Gasteiger partial charge in [-0.3, -0.25) is 0 Å². The van der Waals surface area contributed by atoms with Crippen LogP contribution in [-0.2, 0) is 0 Å². The summed E-state index contributed by atoms with van der Waals surface area (Å²) in [5.74, 6) is 0. The Morgan fingerprint density at radius 2 is 1.94 bits per heavy atom. The van der Waals surface area contributed by atoms with Crippen LogP contribution in [0.1, 0.15) is 0 Å². The first-order chi connectivity index (χ1) is 8.58. The first-order valence-corrected chi connectivity index (χ1v) is 6.62. The summed E-state index contributed by atoms with van der Waals surface area (Å²) < 4.78 is 0. The number of hydrogen-bond acceptors (Lipinski definition) is 2. The molecule has 1 aliphatic heterocycles. The zero-order valence-electron chi connectivity index (χ0n) is 9.47. The van der Waals surface area contributed by atoms with Crippen molar-refractivity contribution in [1.82, 2.24) is 10.2 Å². The highest BCUT2D eigenvalue weighted by Gasteiger charge is 2.18. The number of nitrogens with one attached hydrogen (secondary N) is 2. The van der Waals surface area contributed by atoms with E-state index in [4.69, 9.17) is 34.8 Å². The Morgan fingerprint density at radius 1 is 1.22 bits per heavy atom.